The van der Waals surface area contributed by atoms with E-state index >= 15 is 0 Å². The quantitative estimate of drug-likeness (QED) is 0.464. The van der Waals surface area contributed by atoms with Gasteiger partial charge in [0.15, 0.2) is 4.34 Å². The van der Waals surface area contributed by atoms with E-state index in [2.05, 4.69) is 25.6 Å². The van der Waals surface area contributed by atoms with Crippen molar-refractivity contribution in [1.82, 2.24) is 10.2 Å². The van der Waals surface area contributed by atoms with E-state index in [0.29, 0.717) is 26.4 Å². The first-order valence-corrected chi connectivity index (χ1v) is 10.4. The molecule has 1 heterocycles. The Morgan fingerprint density at radius 1 is 1.19 bits per heavy atom. The third kappa shape index (κ3) is 6.87. The van der Waals surface area contributed by atoms with Crippen molar-refractivity contribution in [2.45, 2.75) is 22.9 Å². The van der Waals surface area contributed by atoms with Gasteiger partial charge in [-0.1, -0.05) is 29.2 Å². The van der Waals surface area contributed by atoms with Crippen LogP contribution >= 0.6 is 23.1 Å². The van der Waals surface area contributed by atoms with Crippen LogP contribution in [0.25, 0.3) is 0 Å². The number of carbonyl (C=O) groups is 1. The van der Waals surface area contributed by atoms with Crippen molar-refractivity contribution >= 4 is 45.5 Å². The van der Waals surface area contributed by atoms with Crippen molar-refractivity contribution in [3.8, 4) is 11.8 Å². The number of aromatic nitrogens is 2. The van der Waals surface area contributed by atoms with Crippen LogP contribution in [-0.4, -0.2) is 27.7 Å². The number of ether oxygens (including phenoxy) is 1. The Labute approximate surface area is 183 Å². The SMILES string of the molecule is CC(Sc1nnc(Nc2ccc(OC(F)(F)F)cc2)s1)C(=O)Nc1cccc(C#N)c1. The molecule has 2 aromatic carbocycles. The number of halogens is 3. The average molecular weight is 465 g/mol. The number of thioether (sulfide) groups is 1. The van der Waals surface area contributed by atoms with Crippen LogP contribution in [0, 0.1) is 11.3 Å². The normalized spacial score (nSPS) is 12.0. The smallest absolute Gasteiger partial charge is 0.406 e. The van der Waals surface area contributed by atoms with Gasteiger partial charge in [0.2, 0.25) is 11.0 Å². The fourth-order valence-corrected chi connectivity index (χ4v) is 4.20. The molecular formula is C19H14F3N5O2S2. The Bertz CT molecular complexity index is 1100. The number of rotatable bonds is 7. The lowest BCUT2D eigenvalue weighted by atomic mass is 10.2. The molecule has 0 aliphatic carbocycles. The summed E-state index contributed by atoms with van der Waals surface area (Å²) in [5.41, 5.74) is 1.47. The summed E-state index contributed by atoms with van der Waals surface area (Å²) in [5.74, 6) is -0.586. The molecule has 2 N–H and O–H groups in total. The first kappa shape index (κ1) is 22.4. The molecule has 160 valence electrons. The highest BCUT2D eigenvalue weighted by molar-refractivity contribution is 8.02. The summed E-state index contributed by atoms with van der Waals surface area (Å²) in [4.78, 5) is 12.4. The van der Waals surface area contributed by atoms with E-state index in [1.807, 2.05) is 6.07 Å². The fraction of sp³-hybridized carbons (Fsp3) is 0.158. The number of hydrogen-bond acceptors (Lipinski definition) is 8. The van der Waals surface area contributed by atoms with Crippen molar-refractivity contribution in [1.29, 1.82) is 5.26 Å². The van der Waals surface area contributed by atoms with Crippen LogP contribution in [-0.2, 0) is 4.79 Å². The minimum atomic E-state index is -4.75. The highest BCUT2D eigenvalue weighted by Gasteiger charge is 2.31. The predicted octanol–water partition coefficient (Wildman–Crippen LogP) is 5.17. The molecule has 0 spiro atoms. The van der Waals surface area contributed by atoms with Gasteiger partial charge in [-0.2, -0.15) is 5.26 Å². The Morgan fingerprint density at radius 3 is 2.61 bits per heavy atom. The van der Waals surface area contributed by atoms with Crippen LogP contribution < -0.4 is 15.4 Å². The molecule has 3 aromatic rings. The highest BCUT2D eigenvalue weighted by Crippen LogP contribution is 2.31. The largest absolute Gasteiger partial charge is 0.573 e. The van der Waals surface area contributed by atoms with Crippen molar-refractivity contribution in [2.75, 3.05) is 10.6 Å². The van der Waals surface area contributed by atoms with Crippen molar-refractivity contribution in [2.24, 2.45) is 0 Å². The summed E-state index contributed by atoms with van der Waals surface area (Å²) in [6.07, 6.45) is -4.75. The second-order valence-corrected chi connectivity index (χ2v) is 8.58. The Kier molecular flexibility index (Phi) is 6.98. The minimum absolute atomic E-state index is 0.259. The van der Waals surface area contributed by atoms with E-state index in [1.165, 1.54) is 47.4 Å². The van der Waals surface area contributed by atoms with Gasteiger partial charge in [-0.3, -0.25) is 4.79 Å². The van der Waals surface area contributed by atoms with Crippen LogP contribution in [0.2, 0.25) is 0 Å². The molecular weight excluding hydrogens is 451 g/mol. The molecule has 12 heteroatoms. The van der Waals surface area contributed by atoms with Crippen LogP contribution in [0.1, 0.15) is 12.5 Å². The van der Waals surface area contributed by atoms with Crippen LogP contribution in [0.5, 0.6) is 5.75 Å². The number of benzene rings is 2. The van der Waals surface area contributed by atoms with Gasteiger partial charge >= 0.3 is 6.36 Å². The third-order valence-electron chi connectivity index (χ3n) is 3.65. The maximum absolute atomic E-state index is 12.4. The molecule has 0 saturated heterocycles. The van der Waals surface area contributed by atoms with E-state index < -0.39 is 11.6 Å². The number of nitrogens with one attached hydrogen (secondary N) is 2. The predicted molar refractivity (Wildman–Crippen MR) is 111 cm³/mol. The van der Waals surface area contributed by atoms with E-state index in [4.69, 9.17) is 5.26 Å². The lowest BCUT2D eigenvalue weighted by molar-refractivity contribution is -0.274. The molecule has 0 aliphatic rings. The molecule has 0 aliphatic heterocycles. The Balaban J connectivity index is 1.55. The highest BCUT2D eigenvalue weighted by atomic mass is 32.2. The van der Waals surface area contributed by atoms with Gasteiger partial charge < -0.3 is 15.4 Å². The second kappa shape index (κ2) is 9.67. The van der Waals surface area contributed by atoms with Gasteiger partial charge in [-0.15, -0.1) is 23.4 Å². The van der Waals surface area contributed by atoms with Gasteiger partial charge in [-0.05, 0) is 49.4 Å². The van der Waals surface area contributed by atoms with Crippen molar-refractivity contribution < 1.29 is 22.7 Å². The lowest BCUT2D eigenvalue weighted by Gasteiger charge is -2.10. The maximum atomic E-state index is 12.4. The van der Waals surface area contributed by atoms with E-state index in [-0.39, 0.29) is 11.7 Å². The standard InChI is InChI=1S/C19H14F3N5O2S2/c1-11(16(28)24-14-4-2-3-12(9-14)10-23)30-18-27-26-17(31-18)25-13-5-7-15(8-6-13)29-19(20,21)22/h2-9,11H,1H3,(H,24,28)(H,25,26). The number of carbonyl (C=O) groups excluding carboxylic acids is 1. The third-order valence-corrected chi connectivity index (χ3v) is 5.67. The summed E-state index contributed by atoms with van der Waals surface area (Å²) >= 11 is 2.40. The summed E-state index contributed by atoms with van der Waals surface area (Å²) < 4.78 is 41.0. The Morgan fingerprint density at radius 2 is 1.94 bits per heavy atom. The van der Waals surface area contributed by atoms with Crippen LogP contribution in [0.4, 0.5) is 29.7 Å². The van der Waals surface area contributed by atoms with E-state index in [0.717, 1.165) is 0 Å². The maximum Gasteiger partial charge on any atom is 0.573 e. The summed E-state index contributed by atoms with van der Waals surface area (Å²) in [7, 11) is 0. The summed E-state index contributed by atoms with van der Waals surface area (Å²) in [5, 5.41) is 22.5. The molecule has 0 fully saturated rings. The Hall–Kier alpha value is -3.30. The zero-order chi connectivity index (χ0) is 22.4. The molecule has 0 radical (unpaired) electrons. The average Bonchev–Trinajstić information content (AvgIpc) is 3.15. The molecule has 1 amide bonds. The summed E-state index contributed by atoms with van der Waals surface area (Å²) in [6.45, 7) is 1.71. The van der Waals surface area contributed by atoms with Crippen LogP contribution in [0.3, 0.4) is 0 Å². The topological polar surface area (TPSA) is 99.9 Å². The molecule has 1 aromatic heterocycles. The van der Waals surface area contributed by atoms with Crippen molar-refractivity contribution in [3.05, 3.63) is 54.1 Å². The molecule has 31 heavy (non-hydrogen) atoms. The fourth-order valence-electron chi connectivity index (χ4n) is 2.29. The first-order chi connectivity index (χ1) is 14.7. The lowest BCUT2D eigenvalue weighted by Crippen LogP contribution is -2.22. The number of nitrogens with zero attached hydrogens (tertiary/aromatic N) is 3. The van der Waals surface area contributed by atoms with E-state index in [9.17, 15) is 18.0 Å². The number of amides is 1. The van der Waals surface area contributed by atoms with Gasteiger partial charge in [0.05, 0.1) is 16.9 Å². The van der Waals surface area contributed by atoms with E-state index in [1.54, 1.807) is 31.2 Å². The molecule has 7 nitrogen and oxygen atoms in total. The number of nitriles is 1. The van der Waals surface area contributed by atoms with Gasteiger partial charge in [0.1, 0.15) is 5.75 Å². The molecule has 3 rings (SSSR count). The molecule has 1 atom stereocenters. The first-order valence-electron chi connectivity index (χ1n) is 8.66. The van der Waals surface area contributed by atoms with Gasteiger partial charge in [0, 0.05) is 11.4 Å². The number of hydrogen-bond donors (Lipinski definition) is 2. The molecule has 1 unspecified atom stereocenters. The minimum Gasteiger partial charge on any atom is -0.406 e. The zero-order valence-corrected chi connectivity index (χ0v) is 17.4. The monoisotopic (exact) mass is 465 g/mol. The molecule has 0 bridgehead atoms. The number of alkyl halides is 3. The van der Waals surface area contributed by atoms with Crippen LogP contribution in [0.15, 0.2) is 52.9 Å². The molecule has 0 saturated carbocycles. The van der Waals surface area contributed by atoms with Crippen molar-refractivity contribution in [3.63, 3.8) is 0 Å². The van der Waals surface area contributed by atoms with Gasteiger partial charge in [0.25, 0.3) is 0 Å². The second-order valence-electron chi connectivity index (χ2n) is 6.01. The van der Waals surface area contributed by atoms with Gasteiger partial charge in [-0.25, -0.2) is 0 Å². The summed E-state index contributed by atoms with van der Waals surface area (Å²) in [6, 6.07) is 13.8. The number of anilines is 3. The zero-order valence-electron chi connectivity index (χ0n) is 15.8.